The minimum atomic E-state index is -0.186. The van der Waals surface area contributed by atoms with E-state index in [1.54, 1.807) is 18.5 Å². The highest BCUT2D eigenvalue weighted by atomic mass is 16.5. The van der Waals surface area contributed by atoms with Crippen molar-refractivity contribution in [2.45, 2.75) is 6.10 Å². The molecule has 1 aliphatic heterocycles. The Morgan fingerprint density at radius 3 is 2.88 bits per heavy atom. The summed E-state index contributed by atoms with van der Waals surface area (Å²) < 4.78 is 10.7. The van der Waals surface area contributed by atoms with Crippen LogP contribution in [-0.2, 0) is 4.74 Å². The van der Waals surface area contributed by atoms with Crippen molar-refractivity contribution in [1.82, 2.24) is 25.4 Å². The van der Waals surface area contributed by atoms with Crippen LogP contribution in [0.3, 0.4) is 0 Å². The van der Waals surface area contributed by atoms with Crippen LogP contribution in [0.25, 0.3) is 11.6 Å². The second-order valence-corrected chi connectivity index (χ2v) is 3.59. The van der Waals surface area contributed by atoms with E-state index in [1.807, 2.05) is 0 Å². The monoisotopic (exact) mass is 233 g/mol. The molecular weight excluding hydrogens is 222 g/mol. The molecule has 0 saturated carbocycles. The summed E-state index contributed by atoms with van der Waals surface area (Å²) in [5.74, 6) is 1.29. The maximum Gasteiger partial charge on any atom is 0.257 e. The summed E-state index contributed by atoms with van der Waals surface area (Å²) >= 11 is 0. The molecule has 2 aromatic heterocycles. The zero-order valence-corrected chi connectivity index (χ0v) is 9.04. The highest BCUT2D eigenvalue weighted by Gasteiger charge is 2.22. The first kappa shape index (κ1) is 10.3. The zero-order valence-electron chi connectivity index (χ0n) is 9.04. The largest absolute Gasteiger partial charge is 0.366 e. The molecule has 0 aliphatic carbocycles. The Hall–Kier alpha value is -1.86. The van der Waals surface area contributed by atoms with Crippen molar-refractivity contribution in [1.29, 1.82) is 0 Å². The molecule has 3 heterocycles. The van der Waals surface area contributed by atoms with Crippen LogP contribution >= 0.6 is 0 Å². The summed E-state index contributed by atoms with van der Waals surface area (Å²) in [5, 5.41) is 7.04. The Labute approximate surface area is 97.2 Å². The van der Waals surface area contributed by atoms with Crippen molar-refractivity contribution in [2.75, 3.05) is 19.7 Å². The molecule has 3 rings (SSSR count). The molecule has 1 aliphatic rings. The fourth-order valence-electron chi connectivity index (χ4n) is 1.60. The van der Waals surface area contributed by atoms with E-state index in [0.29, 0.717) is 30.7 Å². The number of nitrogens with zero attached hydrogens (tertiary/aromatic N) is 4. The molecular formula is C10H11N5O2. The topological polar surface area (TPSA) is 86.0 Å². The van der Waals surface area contributed by atoms with Crippen molar-refractivity contribution in [3.05, 3.63) is 24.4 Å². The molecule has 0 radical (unpaired) electrons. The van der Waals surface area contributed by atoms with E-state index in [2.05, 4.69) is 25.4 Å². The highest BCUT2D eigenvalue weighted by molar-refractivity contribution is 5.40. The Kier molecular flexibility index (Phi) is 2.76. The normalized spacial score (nSPS) is 20.4. The van der Waals surface area contributed by atoms with Gasteiger partial charge in [-0.25, -0.2) is 9.97 Å². The van der Waals surface area contributed by atoms with Crippen molar-refractivity contribution < 1.29 is 9.26 Å². The van der Waals surface area contributed by atoms with Gasteiger partial charge in [-0.1, -0.05) is 5.16 Å². The van der Waals surface area contributed by atoms with Gasteiger partial charge in [0.05, 0.1) is 6.61 Å². The third-order valence-electron chi connectivity index (χ3n) is 2.41. The van der Waals surface area contributed by atoms with Gasteiger partial charge in [0.15, 0.2) is 0 Å². The summed E-state index contributed by atoms with van der Waals surface area (Å²) in [6.45, 7) is 2.17. The van der Waals surface area contributed by atoms with E-state index in [4.69, 9.17) is 9.26 Å². The fourth-order valence-corrected chi connectivity index (χ4v) is 1.60. The number of rotatable bonds is 2. The number of nitrogens with one attached hydrogen (secondary N) is 1. The first-order valence-corrected chi connectivity index (χ1v) is 5.37. The second-order valence-electron chi connectivity index (χ2n) is 3.59. The predicted molar refractivity (Wildman–Crippen MR) is 56.9 cm³/mol. The second kappa shape index (κ2) is 4.56. The van der Waals surface area contributed by atoms with Crippen LogP contribution in [0.2, 0.25) is 0 Å². The minimum Gasteiger partial charge on any atom is -0.366 e. The SMILES string of the molecule is c1cnc(-c2noc([C@H]3CNCCO3)n2)nc1. The Morgan fingerprint density at radius 2 is 2.12 bits per heavy atom. The van der Waals surface area contributed by atoms with E-state index >= 15 is 0 Å². The third-order valence-corrected chi connectivity index (χ3v) is 2.41. The molecule has 0 aromatic carbocycles. The first-order valence-electron chi connectivity index (χ1n) is 5.37. The van der Waals surface area contributed by atoms with Gasteiger partial charge >= 0.3 is 0 Å². The van der Waals surface area contributed by atoms with Crippen LogP contribution in [0.4, 0.5) is 0 Å². The highest BCUT2D eigenvalue weighted by Crippen LogP contribution is 2.19. The van der Waals surface area contributed by atoms with Gasteiger partial charge in [0.1, 0.15) is 6.10 Å². The van der Waals surface area contributed by atoms with Gasteiger partial charge in [-0.3, -0.25) is 0 Å². The number of morpholine rings is 1. The zero-order chi connectivity index (χ0) is 11.5. The quantitative estimate of drug-likeness (QED) is 0.792. The smallest absolute Gasteiger partial charge is 0.257 e. The molecule has 0 bridgehead atoms. The number of hydrogen-bond acceptors (Lipinski definition) is 7. The molecule has 1 saturated heterocycles. The molecule has 0 spiro atoms. The van der Waals surface area contributed by atoms with E-state index < -0.39 is 0 Å². The molecule has 88 valence electrons. The standard InChI is InChI=1S/C10H11N5O2/c1-2-12-8(13-3-1)9-14-10(17-15-9)7-6-11-4-5-16-7/h1-3,7,11H,4-6H2/t7-/m1/s1. The first-order chi connectivity index (χ1) is 8.43. The fraction of sp³-hybridized carbons (Fsp3) is 0.400. The Balaban J connectivity index is 1.83. The Bertz CT molecular complexity index is 480. The van der Waals surface area contributed by atoms with Crippen molar-refractivity contribution in [3.63, 3.8) is 0 Å². The predicted octanol–water partition coefficient (Wildman–Crippen LogP) is 0.187. The maximum atomic E-state index is 5.51. The number of aromatic nitrogens is 4. The van der Waals surface area contributed by atoms with Crippen molar-refractivity contribution in [2.24, 2.45) is 0 Å². The van der Waals surface area contributed by atoms with Gasteiger partial charge in [-0.15, -0.1) is 0 Å². The van der Waals surface area contributed by atoms with Crippen LogP contribution in [0.1, 0.15) is 12.0 Å². The molecule has 7 heteroatoms. The van der Waals surface area contributed by atoms with E-state index in [9.17, 15) is 0 Å². The minimum absolute atomic E-state index is 0.186. The van der Waals surface area contributed by atoms with Gasteiger partial charge in [-0.05, 0) is 6.07 Å². The van der Waals surface area contributed by atoms with Gasteiger partial charge in [0.2, 0.25) is 11.6 Å². The summed E-state index contributed by atoms with van der Waals surface area (Å²) in [6.07, 6.45) is 3.09. The van der Waals surface area contributed by atoms with Crippen LogP contribution in [0, 0.1) is 0 Å². The van der Waals surface area contributed by atoms with Crippen LogP contribution in [-0.4, -0.2) is 39.8 Å². The summed E-state index contributed by atoms with van der Waals surface area (Å²) in [7, 11) is 0. The van der Waals surface area contributed by atoms with Gasteiger partial charge < -0.3 is 14.6 Å². The Morgan fingerprint density at radius 1 is 1.24 bits per heavy atom. The molecule has 0 amide bonds. The lowest BCUT2D eigenvalue weighted by Crippen LogP contribution is -2.33. The van der Waals surface area contributed by atoms with Gasteiger partial charge in [0, 0.05) is 25.5 Å². The molecule has 17 heavy (non-hydrogen) atoms. The molecule has 7 nitrogen and oxygen atoms in total. The maximum absolute atomic E-state index is 5.51. The lowest BCUT2D eigenvalue weighted by Gasteiger charge is -2.19. The van der Waals surface area contributed by atoms with Crippen LogP contribution in [0.5, 0.6) is 0 Å². The molecule has 1 atom stereocenters. The lowest BCUT2D eigenvalue weighted by molar-refractivity contribution is 0.00755. The lowest BCUT2D eigenvalue weighted by atomic mass is 10.3. The molecule has 1 fully saturated rings. The van der Waals surface area contributed by atoms with Crippen molar-refractivity contribution >= 4 is 0 Å². The van der Waals surface area contributed by atoms with Crippen LogP contribution < -0.4 is 5.32 Å². The van der Waals surface area contributed by atoms with Gasteiger partial charge in [0.25, 0.3) is 5.89 Å². The summed E-state index contributed by atoms with van der Waals surface area (Å²) in [4.78, 5) is 12.3. The molecule has 0 unspecified atom stereocenters. The molecule has 1 N–H and O–H groups in total. The van der Waals surface area contributed by atoms with E-state index in [-0.39, 0.29) is 6.10 Å². The molecule has 2 aromatic rings. The van der Waals surface area contributed by atoms with E-state index in [1.165, 1.54) is 0 Å². The summed E-state index contributed by atoms with van der Waals surface area (Å²) in [6, 6.07) is 1.73. The van der Waals surface area contributed by atoms with Crippen molar-refractivity contribution in [3.8, 4) is 11.6 Å². The number of ether oxygens (including phenoxy) is 1. The summed E-state index contributed by atoms with van der Waals surface area (Å²) in [5.41, 5.74) is 0. The van der Waals surface area contributed by atoms with E-state index in [0.717, 1.165) is 6.54 Å². The average molecular weight is 233 g/mol. The van der Waals surface area contributed by atoms with Gasteiger partial charge in [-0.2, -0.15) is 4.98 Å². The van der Waals surface area contributed by atoms with Crippen LogP contribution in [0.15, 0.2) is 23.0 Å². The number of hydrogen-bond donors (Lipinski definition) is 1. The average Bonchev–Trinajstić information content (AvgIpc) is 2.90. The third kappa shape index (κ3) is 2.15.